The van der Waals surface area contributed by atoms with Crippen molar-refractivity contribution in [2.75, 3.05) is 18.0 Å². The fraction of sp³-hybridized carbons (Fsp3) is 0.417. The Hall–Kier alpha value is -1.30. The van der Waals surface area contributed by atoms with E-state index in [-0.39, 0.29) is 10.3 Å². The number of amidine groups is 1. The molecular weight excluding hydrogens is 301 g/mol. The van der Waals surface area contributed by atoms with Gasteiger partial charge in [-0.15, -0.1) is 0 Å². The first-order valence-corrected chi connectivity index (χ1v) is 6.56. The summed E-state index contributed by atoms with van der Waals surface area (Å²) < 4.78 is 14.5. The van der Waals surface area contributed by atoms with Crippen molar-refractivity contribution in [3.8, 4) is 0 Å². The molecular formula is C12H17BrFN3O. The number of nitrogens with zero attached hydrogens (tertiary/aromatic N) is 2. The minimum atomic E-state index is -0.394. The predicted molar refractivity (Wildman–Crippen MR) is 74.8 cm³/mol. The lowest BCUT2D eigenvalue weighted by Crippen LogP contribution is -2.25. The third kappa shape index (κ3) is 2.93. The number of benzene rings is 1. The van der Waals surface area contributed by atoms with Gasteiger partial charge in [-0.3, -0.25) is 0 Å². The lowest BCUT2D eigenvalue weighted by Gasteiger charge is -2.23. The predicted octanol–water partition coefficient (Wildman–Crippen LogP) is 2.92. The van der Waals surface area contributed by atoms with Crippen LogP contribution in [0.2, 0.25) is 0 Å². The van der Waals surface area contributed by atoms with Crippen LogP contribution in [-0.2, 0) is 0 Å². The smallest absolute Gasteiger partial charge is 0.171 e. The third-order valence-corrected chi connectivity index (χ3v) is 3.44. The Morgan fingerprint density at radius 3 is 2.67 bits per heavy atom. The topological polar surface area (TPSA) is 61.8 Å². The van der Waals surface area contributed by atoms with Crippen molar-refractivity contribution in [3.63, 3.8) is 0 Å². The van der Waals surface area contributed by atoms with Gasteiger partial charge in [0.1, 0.15) is 0 Å². The van der Waals surface area contributed by atoms with Crippen molar-refractivity contribution in [3.05, 3.63) is 28.0 Å². The molecule has 0 saturated heterocycles. The Kier molecular flexibility index (Phi) is 5.40. The number of rotatable bonds is 5. The minimum Gasteiger partial charge on any atom is -0.409 e. The number of anilines is 1. The highest BCUT2D eigenvalue weighted by atomic mass is 79.9. The van der Waals surface area contributed by atoms with E-state index >= 15 is 0 Å². The van der Waals surface area contributed by atoms with E-state index in [1.165, 1.54) is 0 Å². The summed E-state index contributed by atoms with van der Waals surface area (Å²) in [5.41, 5.74) is 6.32. The minimum absolute atomic E-state index is 0.120. The summed E-state index contributed by atoms with van der Waals surface area (Å²) in [6, 6.07) is 3.28. The summed E-state index contributed by atoms with van der Waals surface area (Å²) in [5.74, 6) is -0.514. The van der Waals surface area contributed by atoms with E-state index in [0.717, 1.165) is 19.5 Å². The maximum Gasteiger partial charge on any atom is 0.171 e. The Balaban J connectivity index is 3.22. The Morgan fingerprint density at radius 1 is 1.50 bits per heavy atom. The molecule has 1 aromatic rings. The van der Waals surface area contributed by atoms with Gasteiger partial charge in [0.25, 0.3) is 0 Å². The Bertz CT molecular complexity index is 451. The molecule has 0 aliphatic rings. The van der Waals surface area contributed by atoms with Crippen LogP contribution >= 0.6 is 15.9 Å². The average Bonchev–Trinajstić information content (AvgIpc) is 2.38. The van der Waals surface area contributed by atoms with Crippen molar-refractivity contribution in [1.29, 1.82) is 0 Å². The molecule has 6 heteroatoms. The quantitative estimate of drug-likeness (QED) is 0.380. The highest BCUT2D eigenvalue weighted by Gasteiger charge is 2.17. The molecule has 1 rings (SSSR count). The van der Waals surface area contributed by atoms with Gasteiger partial charge < -0.3 is 15.8 Å². The van der Waals surface area contributed by atoms with Gasteiger partial charge in [-0.2, -0.15) is 0 Å². The first-order valence-electron chi connectivity index (χ1n) is 5.77. The molecule has 0 unspecified atom stereocenters. The highest BCUT2D eigenvalue weighted by molar-refractivity contribution is 9.10. The number of hydrogen-bond donors (Lipinski definition) is 2. The van der Waals surface area contributed by atoms with Crippen molar-refractivity contribution in [2.45, 2.75) is 20.3 Å². The highest BCUT2D eigenvalue weighted by Crippen LogP contribution is 2.29. The van der Waals surface area contributed by atoms with Crippen molar-refractivity contribution in [2.24, 2.45) is 10.9 Å². The largest absolute Gasteiger partial charge is 0.409 e. The van der Waals surface area contributed by atoms with E-state index < -0.39 is 5.82 Å². The van der Waals surface area contributed by atoms with E-state index in [1.807, 2.05) is 18.7 Å². The zero-order valence-electron chi connectivity index (χ0n) is 10.5. The molecule has 3 N–H and O–H groups in total. The summed E-state index contributed by atoms with van der Waals surface area (Å²) >= 11 is 3.15. The molecule has 0 heterocycles. The summed E-state index contributed by atoms with van der Waals surface area (Å²) in [6.07, 6.45) is 0.937. The van der Waals surface area contributed by atoms with Gasteiger partial charge in [0.2, 0.25) is 0 Å². The Labute approximate surface area is 114 Å². The van der Waals surface area contributed by atoms with Crippen molar-refractivity contribution < 1.29 is 9.60 Å². The first kappa shape index (κ1) is 14.8. The van der Waals surface area contributed by atoms with Gasteiger partial charge >= 0.3 is 0 Å². The second kappa shape index (κ2) is 6.58. The second-order valence-electron chi connectivity index (χ2n) is 3.83. The fourth-order valence-electron chi connectivity index (χ4n) is 1.75. The van der Waals surface area contributed by atoms with Gasteiger partial charge in [-0.25, -0.2) is 4.39 Å². The molecule has 18 heavy (non-hydrogen) atoms. The van der Waals surface area contributed by atoms with E-state index in [9.17, 15) is 4.39 Å². The molecule has 0 atom stereocenters. The molecule has 0 aliphatic heterocycles. The van der Waals surface area contributed by atoms with Crippen LogP contribution in [-0.4, -0.2) is 24.1 Å². The van der Waals surface area contributed by atoms with Crippen LogP contribution in [0, 0.1) is 5.82 Å². The number of nitrogens with two attached hydrogens (primary N) is 1. The molecule has 0 bridgehead atoms. The van der Waals surface area contributed by atoms with Crippen LogP contribution < -0.4 is 10.6 Å². The van der Waals surface area contributed by atoms with Gasteiger partial charge in [-0.05, 0) is 41.4 Å². The zero-order chi connectivity index (χ0) is 13.7. The molecule has 0 saturated carbocycles. The molecule has 0 radical (unpaired) electrons. The maximum absolute atomic E-state index is 14.2. The zero-order valence-corrected chi connectivity index (χ0v) is 12.0. The van der Waals surface area contributed by atoms with E-state index in [2.05, 4.69) is 21.1 Å². The van der Waals surface area contributed by atoms with Crippen molar-refractivity contribution in [1.82, 2.24) is 0 Å². The number of oxime groups is 1. The third-order valence-electron chi connectivity index (χ3n) is 2.66. The maximum atomic E-state index is 14.2. The van der Waals surface area contributed by atoms with Crippen LogP contribution in [0.25, 0.3) is 0 Å². The normalized spacial score (nSPS) is 11.7. The second-order valence-corrected chi connectivity index (χ2v) is 4.62. The van der Waals surface area contributed by atoms with Crippen LogP contribution in [0.1, 0.15) is 25.8 Å². The first-order chi connectivity index (χ1) is 8.56. The van der Waals surface area contributed by atoms with E-state index in [4.69, 9.17) is 10.9 Å². The standard InChI is InChI=1S/C12H17BrFN3O/c1-3-7-17(4-2)9-6-5-8(12(15)16-18)10(13)11(9)14/h5-6,18H,3-4,7H2,1-2H3,(H2,15,16). The van der Waals surface area contributed by atoms with Gasteiger partial charge in [0, 0.05) is 18.7 Å². The molecule has 0 spiro atoms. The summed E-state index contributed by atoms with van der Waals surface area (Å²) in [6.45, 7) is 5.52. The van der Waals surface area contributed by atoms with Gasteiger partial charge in [0.05, 0.1) is 10.2 Å². The van der Waals surface area contributed by atoms with Gasteiger partial charge in [0.15, 0.2) is 11.7 Å². The monoisotopic (exact) mass is 317 g/mol. The summed E-state index contributed by atoms with van der Waals surface area (Å²) in [5, 5.41) is 11.5. The van der Waals surface area contributed by atoms with E-state index in [0.29, 0.717) is 11.3 Å². The summed E-state index contributed by atoms with van der Waals surface area (Å²) in [4.78, 5) is 1.94. The van der Waals surface area contributed by atoms with Crippen LogP contribution in [0.3, 0.4) is 0 Å². The Morgan fingerprint density at radius 2 is 2.17 bits per heavy atom. The molecule has 1 aromatic carbocycles. The number of hydrogen-bond acceptors (Lipinski definition) is 3. The number of halogens is 2. The molecule has 0 aliphatic carbocycles. The lowest BCUT2D eigenvalue weighted by molar-refractivity contribution is 0.318. The fourth-order valence-corrected chi connectivity index (χ4v) is 2.29. The van der Waals surface area contributed by atoms with Crippen LogP contribution in [0.5, 0.6) is 0 Å². The molecule has 4 nitrogen and oxygen atoms in total. The van der Waals surface area contributed by atoms with E-state index in [1.54, 1.807) is 12.1 Å². The molecule has 0 amide bonds. The average molecular weight is 318 g/mol. The lowest BCUT2D eigenvalue weighted by atomic mass is 10.1. The molecule has 0 aromatic heterocycles. The van der Waals surface area contributed by atoms with Gasteiger partial charge in [-0.1, -0.05) is 12.1 Å². The summed E-state index contributed by atoms with van der Waals surface area (Å²) in [7, 11) is 0. The van der Waals surface area contributed by atoms with Crippen LogP contribution in [0.4, 0.5) is 10.1 Å². The van der Waals surface area contributed by atoms with Crippen LogP contribution in [0.15, 0.2) is 21.8 Å². The molecule has 100 valence electrons. The SMILES string of the molecule is CCCN(CC)c1ccc(/C(N)=N/O)c(Br)c1F. The molecule has 0 fully saturated rings. The van der Waals surface area contributed by atoms with Crippen molar-refractivity contribution >= 4 is 27.5 Å².